The number of anilines is 1. The third-order valence-electron chi connectivity index (χ3n) is 4.81. The summed E-state index contributed by atoms with van der Waals surface area (Å²) in [5.41, 5.74) is 5.78. The Bertz CT molecular complexity index is 1030. The molecule has 0 spiro atoms. The molecule has 2 aromatic carbocycles. The Hall–Kier alpha value is -2.11. The molecular formula is C22H24N2OS2. The Morgan fingerprint density at radius 1 is 1.04 bits per heavy atom. The number of nitrogens with zero attached hydrogens (tertiary/aromatic N) is 1. The summed E-state index contributed by atoms with van der Waals surface area (Å²) >= 11 is 0. The van der Waals surface area contributed by atoms with Crippen LogP contribution in [-0.2, 0) is 12.0 Å². The highest BCUT2D eigenvalue weighted by molar-refractivity contribution is 7.68. The molecule has 0 atom stereocenters. The molecule has 3 nitrogen and oxygen atoms in total. The minimum absolute atomic E-state index is 0.115. The SMILES string of the molecule is CCOc1ccc2c(c1)-c1c(ssc1=Nc1ccc(CC)cc1)C(C)(C)N2. The number of aryl methyl sites for hydroxylation is 1. The molecule has 0 amide bonds. The maximum atomic E-state index is 5.75. The molecule has 1 aromatic heterocycles. The van der Waals surface area contributed by atoms with E-state index < -0.39 is 0 Å². The van der Waals surface area contributed by atoms with Crippen LogP contribution in [0.2, 0.25) is 0 Å². The van der Waals surface area contributed by atoms with Crippen LogP contribution >= 0.6 is 20.7 Å². The summed E-state index contributed by atoms with van der Waals surface area (Å²) in [4.78, 5) is 6.32. The highest BCUT2D eigenvalue weighted by Gasteiger charge is 2.33. The maximum absolute atomic E-state index is 5.75. The van der Waals surface area contributed by atoms with Crippen molar-refractivity contribution >= 4 is 32.1 Å². The zero-order valence-corrected chi connectivity index (χ0v) is 17.8. The lowest BCUT2D eigenvalue weighted by atomic mass is 9.90. The number of nitrogens with one attached hydrogen (secondary N) is 1. The molecule has 4 rings (SSSR count). The Labute approximate surface area is 167 Å². The van der Waals surface area contributed by atoms with E-state index in [9.17, 15) is 0 Å². The first kappa shape index (κ1) is 18.3. The van der Waals surface area contributed by atoms with Crippen LogP contribution in [0.25, 0.3) is 11.1 Å². The lowest BCUT2D eigenvalue weighted by Crippen LogP contribution is -2.31. The van der Waals surface area contributed by atoms with Crippen LogP contribution in [0.1, 0.15) is 38.1 Å². The Kier molecular flexibility index (Phi) is 4.82. The van der Waals surface area contributed by atoms with Crippen molar-refractivity contribution in [1.29, 1.82) is 0 Å². The van der Waals surface area contributed by atoms with Gasteiger partial charge in [-0.05, 0) is 63.1 Å². The molecule has 2 heterocycles. The highest BCUT2D eigenvalue weighted by Crippen LogP contribution is 2.46. The van der Waals surface area contributed by atoms with Crippen molar-refractivity contribution in [3.8, 4) is 16.9 Å². The average molecular weight is 397 g/mol. The molecule has 140 valence electrons. The zero-order valence-electron chi connectivity index (χ0n) is 16.1. The van der Waals surface area contributed by atoms with Gasteiger partial charge in [0.15, 0.2) is 0 Å². The second-order valence-electron chi connectivity index (χ2n) is 7.20. The first-order chi connectivity index (χ1) is 13.0. The largest absolute Gasteiger partial charge is 0.494 e. The number of ether oxygens (including phenoxy) is 1. The first-order valence-electron chi connectivity index (χ1n) is 9.34. The summed E-state index contributed by atoms with van der Waals surface area (Å²) in [5, 5.41) is 3.67. The van der Waals surface area contributed by atoms with E-state index in [-0.39, 0.29) is 5.54 Å². The first-order valence-corrected chi connectivity index (χ1v) is 11.5. The van der Waals surface area contributed by atoms with E-state index in [0.717, 1.165) is 28.2 Å². The van der Waals surface area contributed by atoms with Crippen LogP contribution in [0.3, 0.4) is 0 Å². The normalized spacial score (nSPS) is 15.0. The van der Waals surface area contributed by atoms with Crippen LogP contribution in [0.15, 0.2) is 47.5 Å². The van der Waals surface area contributed by atoms with Crippen LogP contribution < -0.4 is 14.7 Å². The third kappa shape index (κ3) is 3.42. The van der Waals surface area contributed by atoms with Gasteiger partial charge in [-0.25, -0.2) is 4.99 Å². The maximum Gasteiger partial charge on any atom is 0.135 e. The number of hydrogen-bond acceptors (Lipinski definition) is 5. The van der Waals surface area contributed by atoms with Crippen molar-refractivity contribution in [2.24, 2.45) is 4.99 Å². The van der Waals surface area contributed by atoms with Gasteiger partial charge in [-0.15, -0.1) is 0 Å². The predicted octanol–water partition coefficient (Wildman–Crippen LogP) is 6.33. The molecule has 0 bridgehead atoms. The van der Waals surface area contributed by atoms with E-state index in [4.69, 9.17) is 9.73 Å². The standard InChI is InChI=1S/C22H24N2OS2/c1-5-14-7-9-15(10-8-14)23-21-19-17-13-16(25-6-2)11-12-18(17)24-22(3,4)20(19)26-27-21/h7-13,24H,5-6H2,1-4H3. The second kappa shape index (κ2) is 7.13. The predicted molar refractivity (Wildman–Crippen MR) is 116 cm³/mol. The lowest BCUT2D eigenvalue weighted by Gasteiger charge is -2.33. The van der Waals surface area contributed by atoms with E-state index in [1.54, 1.807) is 10.3 Å². The van der Waals surface area contributed by atoms with Crippen LogP contribution in [-0.4, -0.2) is 6.61 Å². The molecule has 0 saturated carbocycles. The van der Waals surface area contributed by atoms with Gasteiger partial charge < -0.3 is 10.1 Å². The molecule has 1 aliphatic heterocycles. The number of fused-ring (bicyclic) bond motifs is 3. The molecule has 1 aliphatic rings. The van der Waals surface area contributed by atoms with Gasteiger partial charge in [0.25, 0.3) is 0 Å². The number of hydrogen-bond donors (Lipinski definition) is 1. The molecule has 0 saturated heterocycles. The Balaban J connectivity index is 1.89. The average Bonchev–Trinajstić information content (AvgIpc) is 3.08. The van der Waals surface area contributed by atoms with Crippen LogP contribution in [0, 0.1) is 0 Å². The molecule has 0 aliphatic carbocycles. The number of benzene rings is 2. The Morgan fingerprint density at radius 3 is 2.52 bits per heavy atom. The monoisotopic (exact) mass is 396 g/mol. The van der Waals surface area contributed by atoms with E-state index in [2.05, 4.69) is 62.5 Å². The fourth-order valence-corrected chi connectivity index (χ4v) is 6.34. The second-order valence-corrected chi connectivity index (χ2v) is 9.33. The highest BCUT2D eigenvalue weighted by atomic mass is 32.9. The summed E-state index contributed by atoms with van der Waals surface area (Å²) in [6, 6.07) is 14.8. The van der Waals surface area contributed by atoms with Gasteiger partial charge in [0.2, 0.25) is 0 Å². The van der Waals surface area contributed by atoms with Gasteiger partial charge in [0.05, 0.1) is 22.7 Å². The minimum Gasteiger partial charge on any atom is -0.494 e. The lowest BCUT2D eigenvalue weighted by molar-refractivity contribution is 0.340. The van der Waals surface area contributed by atoms with E-state index in [1.165, 1.54) is 21.6 Å². The van der Waals surface area contributed by atoms with Crippen molar-refractivity contribution in [2.45, 2.75) is 39.7 Å². The molecule has 1 N–H and O–H groups in total. The van der Waals surface area contributed by atoms with Crippen molar-refractivity contribution in [2.75, 3.05) is 11.9 Å². The topological polar surface area (TPSA) is 33.6 Å². The smallest absolute Gasteiger partial charge is 0.135 e. The summed E-state index contributed by atoms with van der Waals surface area (Å²) in [5.74, 6) is 0.901. The Morgan fingerprint density at radius 2 is 1.81 bits per heavy atom. The van der Waals surface area contributed by atoms with Gasteiger partial charge in [-0.3, -0.25) is 0 Å². The fraction of sp³-hybridized carbons (Fsp3) is 0.318. The van der Waals surface area contributed by atoms with Gasteiger partial charge in [0.1, 0.15) is 10.4 Å². The van der Waals surface area contributed by atoms with Crippen molar-refractivity contribution in [1.82, 2.24) is 0 Å². The fourth-order valence-electron chi connectivity index (χ4n) is 3.40. The number of rotatable bonds is 4. The van der Waals surface area contributed by atoms with Crippen LogP contribution in [0.5, 0.6) is 5.75 Å². The molecule has 3 aromatic rings. The van der Waals surface area contributed by atoms with E-state index in [0.29, 0.717) is 6.61 Å². The van der Waals surface area contributed by atoms with Crippen molar-refractivity contribution < 1.29 is 4.74 Å². The summed E-state index contributed by atoms with van der Waals surface area (Å²) < 4.78 is 6.82. The molecule has 5 heteroatoms. The molecule has 0 fully saturated rings. The summed E-state index contributed by atoms with van der Waals surface area (Å²) in [7, 11) is 3.56. The van der Waals surface area contributed by atoms with E-state index >= 15 is 0 Å². The van der Waals surface area contributed by atoms with Crippen LogP contribution in [0.4, 0.5) is 11.4 Å². The summed E-state index contributed by atoms with van der Waals surface area (Å²) in [6.45, 7) is 9.31. The van der Waals surface area contributed by atoms with Crippen molar-refractivity contribution in [3.05, 3.63) is 57.6 Å². The molecule has 0 radical (unpaired) electrons. The van der Waals surface area contributed by atoms with Gasteiger partial charge in [0, 0.05) is 16.8 Å². The quantitative estimate of drug-likeness (QED) is 0.523. The molecule has 27 heavy (non-hydrogen) atoms. The minimum atomic E-state index is -0.115. The van der Waals surface area contributed by atoms with Gasteiger partial charge >= 0.3 is 0 Å². The van der Waals surface area contributed by atoms with E-state index in [1.807, 2.05) is 23.3 Å². The zero-order chi connectivity index (χ0) is 19.0. The summed E-state index contributed by atoms with van der Waals surface area (Å²) in [6.07, 6.45) is 1.05. The molecular weight excluding hydrogens is 372 g/mol. The van der Waals surface area contributed by atoms with Gasteiger partial charge in [-0.1, -0.05) is 39.7 Å². The van der Waals surface area contributed by atoms with Gasteiger partial charge in [-0.2, -0.15) is 0 Å². The molecule has 0 unspecified atom stereocenters. The van der Waals surface area contributed by atoms with Crippen molar-refractivity contribution in [3.63, 3.8) is 0 Å². The third-order valence-corrected chi connectivity index (χ3v) is 7.45.